The van der Waals surface area contributed by atoms with Crippen molar-refractivity contribution in [1.29, 1.82) is 0 Å². The second-order valence-electron chi connectivity index (χ2n) is 9.36. The highest BCUT2D eigenvalue weighted by molar-refractivity contribution is 5.68. The van der Waals surface area contributed by atoms with Gasteiger partial charge in [-0.1, -0.05) is 35.5 Å². The Balaban J connectivity index is 1.62. The van der Waals surface area contributed by atoms with Gasteiger partial charge in [0.15, 0.2) is 0 Å². The third-order valence-corrected chi connectivity index (χ3v) is 6.73. The van der Waals surface area contributed by atoms with Gasteiger partial charge in [-0.25, -0.2) is 0 Å². The highest BCUT2D eigenvalue weighted by Gasteiger charge is 2.30. The van der Waals surface area contributed by atoms with Crippen LogP contribution in [0.15, 0.2) is 34.9 Å². The molecular weight excluding hydrogens is 418 g/mol. The van der Waals surface area contributed by atoms with Crippen molar-refractivity contribution < 1.29 is 19.1 Å². The second-order valence-corrected chi connectivity index (χ2v) is 9.36. The molecule has 2 saturated heterocycles. The first-order valence-corrected chi connectivity index (χ1v) is 12.6. The molecular formula is C26H39N3O4. The largest absolute Gasteiger partial charge is 0.389 e. The van der Waals surface area contributed by atoms with Gasteiger partial charge in [0.1, 0.15) is 5.69 Å². The van der Waals surface area contributed by atoms with Crippen LogP contribution in [0.3, 0.4) is 0 Å². The molecule has 7 nitrogen and oxygen atoms in total. The molecule has 0 saturated carbocycles. The predicted octanol–water partition coefficient (Wildman–Crippen LogP) is 4.10. The Kier molecular flexibility index (Phi) is 8.78. The van der Waals surface area contributed by atoms with Crippen LogP contribution < -0.4 is 4.90 Å². The molecule has 3 heterocycles. The van der Waals surface area contributed by atoms with E-state index in [1.807, 2.05) is 25.1 Å². The van der Waals surface area contributed by atoms with E-state index in [1.165, 1.54) is 6.42 Å². The minimum absolute atomic E-state index is 0.196. The summed E-state index contributed by atoms with van der Waals surface area (Å²) < 4.78 is 17.5. The van der Waals surface area contributed by atoms with Crippen molar-refractivity contribution in [3.8, 4) is 11.3 Å². The van der Waals surface area contributed by atoms with Crippen molar-refractivity contribution >= 4 is 5.88 Å². The SMILES string of the molecule is CCOC[C@H](O)CN(Cc1c(-c2ccccc2)noc1N1CCCC[C@H]1C)C[C@H]1CCCO1. The lowest BCUT2D eigenvalue weighted by atomic mass is 10.0. The molecule has 182 valence electrons. The van der Waals surface area contributed by atoms with Crippen LogP contribution in [0.5, 0.6) is 0 Å². The monoisotopic (exact) mass is 457 g/mol. The lowest BCUT2D eigenvalue weighted by Gasteiger charge is -2.34. The van der Waals surface area contributed by atoms with Gasteiger partial charge >= 0.3 is 0 Å². The zero-order valence-electron chi connectivity index (χ0n) is 20.1. The molecule has 0 spiro atoms. The lowest BCUT2D eigenvalue weighted by molar-refractivity contribution is 0.00518. The number of aliphatic hydroxyl groups excluding tert-OH is 1. The molecule has 33 heavy (non-hydrogen) atoms. The smallest absolute Gasteiger partial charge is 0.232 e. The van der Waals surface area contributed by atoms with Crippen LogP contribution >= 0.6 is 0 Å². The van der Waals surface area contributed by atoms with Gasteiger partial charge in [0.25, 0.3) is 0 Å². The summed E-state index contributed by atoms with van der Waals surface area (Å²) in [5.74, 6) is 0.873. The van der Waals surface area contributed by atoms with Crippen molar-refractivity contribution in [1.82, 2.24) is 10.1 Å². The van der Waals surface area contributed by atoms with Gasteiger partial charge in [-0.05, 0) is 46.0 Å². The predicted molar refractivity (Wildman–Crippen MR) is 129 cm³/mol. The third kappa shape index (κ3) is 6.35. The van der Waals surface area contributed by atoms with E-state index in [2.05, 4.69) is 34.0 Å². The molecule has 3 atom stereocenters. The number of piperidine rings is 1. The maximum atomic E-state index is 10.6. The third-order valence-electron chi connectivity index (χ3n) is 6.73. The fraction of sp³-hybridized carbons (Fsp3) is 0.654. The summed E-state index contributed by atoms with van der Waals surface area (Å²) in [6.07, 6.45) is 5.38. The Labute approximate surface area is 197 Å². The number of anilines is 1. The first-order valence-electron chi connectivity index (χ1n) is 12.6. The molecule has 7 heteroatoms. The number of ether oxygens (including phenoxy) is 2. The summed E-state index contributed by atoms with van der Waals surface area (Å²) in [6.45, 7) is 8.90. The van der Waals surface area contributed by atoms with E-state index >= 15 is 0 Å². The van der Waals surface area contributed by atoms with E-state index in [1.54, 1.807) is 0 Å². The highest BCUT2D eigenvalue weighted by Crippen LogP contribution is 2.35. The highest BCUT2D eigenvalue weighted by atomic mass is 16.5. The molecule has 2 aromatic rings. The fourth-order valence-electron chi connectivity index (χ4n) is 5.00. The van der Waals surface area contributed by atoms with Crippen LogP contribution in [0.4, 0.5) is 5.88 Å². The molecule has 0 amide bonds. The van der Waals surface area contributed by atoms with Crippen molar-refractivity contribution in [3.05, 3.63) is 35.9 Å². The number of hydrogen-bond acceptors (Lipinski definition) is 7. The zero-order chi connectivity index (χ0) is 23.0. The van der Waals surface area contributed by atoms with Crippen molar-refractivity contribution in [3.63, 3.8) is 0 Å². The minimum atomic E-state index is -0.552. The van der Waals surface area contributed by atoms with E-state index in [-0.39, 0.29) is 6.10 Å². The minimum Gasteiger partial charge on any atom is -0.389 e. The summed E-state index contributed by atoms with van der Waals surface area (Å²) in [7, 11) is 0. The van der Waals surface area contributed by atoms with E-state index in [0.717, 1.165) is 68.1 Å². The number of aliphatic hydroxyl groups is 1. The summed E-state index contributed by atoms with van der Waals surface area (Å²) >= 11 is 0. The first kappa shape index (κ1) is 24.2. The van der Waals surface area contributed by atoms with Gasteiger partial charge < -0.3 is 24.0 Å². The van der Waals surface area contributed by atoms with Crippen LogP contribution in [-0.2, 0) is 16.0 Å². The standard InChI is InChI=1S/C26H39N3O4/c1-3-31-19-22(30)16-28(17-23-13-9-15-32-23)18-24-25(21-11-5-4-6-12-21)27-33-26(24)29-14-8-7-10-20(29)2/h4-6,11-12,20,22-23,30H,3,7-10,13-19H2,1-2H3/t20-,22-,23-/m1/s1. The Morgan fingerprint density at radius 1 is 1.21 bits per heavy atom. The zero-order valence-corrected chi connectivity index (χ0v) is 20.1. The molecule has 1 aromatic heterocycles. The average molecular weight is 458 g/mol. The van der Waals surface area contributed by atoms with Crippen LogP contribution in [0.2, 0.25) is 0 Å². The lowest BCUT2D eigenvalue weighted by Crippen LogP contribution is -2.40. The summed E-state index contributed by atoms with van der Waals surface area (Å²) in [4.78, 5) is 4.66. The van der Waals surface area contributed by atoms with Crippen LogP contribution in [0.25, 0.3) is 11.3 Å². The normalized spacial score (nSPS) is 22.2. The van der Waals surface area contributed by atoms with Gasteiger partial charge in [-0.3, -0.25) is 4.90 Å². The maximum Gasteiger partial charge on any atom is 0.232 e. The number of benzene rings is 1. The van der Waals surface area contributed by atoms with E-state index in [4.69, 9.17) is 14.0 Å². The summed E-state index contributed by atoms with van der Waals surface area (Å²) in [5, 5.41) is 15.2. The number of nitrogens with zero attached hydrogens (tertiary/aromatic N) is 3. The first-order chi connectivity index (χ1) is 16.2. The van der Waals surface area contributed by atoms with Gasteiger partial charge in [0.2, 0.25) is 5.88 Å². The quantitative estimate of drug-likeness (QED) is 0.545. The van der Waals surface area contributed by atoms with E-state index in [0.29, 0.717) is 32.3 Å². The molecule has 0 bridgehead atoms. The Bertz CT molecular complexity index is 837. The molecule has 1 N–H and O–H groups in total. The second kappa shape index (κ2) is 12.0. The van der Waals surface area contributed by atoms with Gasteiger partial charge in [0, 0.05) is 51.0 Å². The van der Waals surface area contributed by atoms with Gasteiger partial charge in [-0.15, -0.1) is 0 Å². The van der Waals surface area contributed by atoms with E-state index in [9.17, 15) is 5.11 Å². The van der Waals surface area contributed by atoms with Crippen molar-refractivity contribution in [2.45, 2.75) is 70.7 Å². The van der Waals surface area contributed by atoms with Crippen LogP contribution in [0.1, 0.15) is 51.5 Å². The van der Waals surface area contributed by atoms with Crippen molar-refractivity contribution in [2.75, 3.05) is 44.4 Å². The van der Waals surface area contributed by atoms with E-state index < -0.39 is 6.10 Å². The molecule has 2 fully saturated rings. The summed E-state index contributed by atoms with van der Waals surface area (Å²) in [6, 6.07) is 10.7. The summed E-state index contributed by atoms with van der Waals surface area (Å²) in [5.41, 5.74) is 3.04. The molecule has 2 aliphatic heterocycles. The average Bonchev–Trinajstić information content (AvgIpc) is 3.49. The number of hydrogen-bond donors (Lipinski definition) is 1. The molecule has 1 aromatic carbocycles. The van der Waals surface area contributed by atoms with Crippen molar-refractivity contribution in [2.24, 2.45) is 0 Å². The Morgan fingerprint density at radius 2 is 2.06 bits per heavy atom. The molecule has 0 unspecified atom stereocenters. The van der Waals surface area contributed by atoms with Gasteiger partial charge in [-0.2, -0.15) is 0 Å². The van der Waals surface area contributed by atoms with Gasteiger partial charge in [0.05, 0.1) is 24.4 Å². The molecule has 2 aliphatic rings. The Hall–Kier alpha value is -1.93. The topological polar surface area (TPSA) is 71.2 Å². The fourth-order valence-corrected chi connectivity index (χ4v) is 5.00. The van der Waals surface area contributed by atoms with Crippen LogP contribution in [0, 0.1) is 0 Å². The number of aromatic nitrogens is 1. The maximum absolute atomic E-state index is 10.6. The molecule has 4 rings (SSSR count). The molecule has 0 aliphatic carbocycles. The Morgan fingerprint density at radius 3 is 2.79 bits per heavy atom. The van der Waals surface area contributed by atoms with Crippen LogP contribution in [-0.4, -0.2) is 72.9 Å². The molecule has 0 radical (unpaired) electrons. The number of rotatable bonds is 11.